The summed E-state index contributed by atoms with van der Waals surface area (Å²) in [4.78, 5) is 42.2. The first-order valence-electron chi connectivity index (χ1n) is 11.6. The Hall–Kier alpha value is -4.29. The Morgan fingerprint density at radius 1 is 1.02 bits per heavy atom. The first-order chi connectivity index (χ1) is 19.8. The molecule has 0 aliphatic carbocycles. The second-order valence-corrected chi connectivity index (χ2v) is 9.51. The van der Waals surface area contributed by atoms with E-state index in [1.165, 1.54) is 0 Å². The molecule has 3 amide bonds. The molecule has 10 nitrogen and oxygen atoms in total. The summed E-state index contributed by atoms with van der Waals surface area (Å²) >= 11 is 6.16. The summed E-state index contributed by atoms with van der Waals surface area (Å²) in [5.41, 5.74) is -2.89. The van der Waals surface area contributed by atoms with Gasteiger partial charge in [0.1, 0.15) is 18.2 Å². The van der Waals surface area contributed by atoms with E-state index >= 15 is 0 Å². The third-order valence-electron chi connectivity index (χ3n) is 6.03. The zero-order chi connectivity index (χ0) is 32.1. The third kappa shape index (κ3) is 6.55. The predicted octanol–water partition coefficient (Wildman–Crippen LogP) is 3.28. The van der Waals surface area contributed by atoms with Crippen molar-refractivity contribution in [3.05, 3.63) is 81.3 Å². The minimum Gasteiger partial charge on any atom is -0.357 e. The molecule has 1 atom stereocenters. The van der Waals surface area contributed by atoms with Crippen molar-refractivity contribution in [1.82, 2.24) is 20.2 Å². The quantitative estimate of drug-likeness (QED) is 0.206. The average molecular weight is 642 g/mol. The zero-order valence-corrected chi connectivity index (χ0v) is 21.6. The van der Waals surface area contributed by atoms with E-state index in [-0.39, 0.29) is 22.3 Å². The van der Waals surface area contributed by atoms with Crippen LogP contribution in [0.25, 0.3) is 0 Å². The van der Waals surface area contributed by atoms with Crippen LogP contribution in [0, 0.1) is 11.6 Å². The number of carbonyl (C=O) groups is 3. The van der Waals surface area contributed by atoms with E-state index in [0.29, 0.717) is 12.1 Å². The molecule has 0 bridgehead atoms. The van der Waals surface area contributed by atoms with Crippen LogP contribution in [0.4, 0.5) is 40.9 Å². The third-order valence-corrected chi connectivity index (χ3v) is 6.37. The van der Waals surface area contributed by atoms with E-state index in [4.69, 9.17) is 11.6 Å². The number of fused-ring (bicyclic) bond motifs is 1. The molecule has 1 aliphatic rings. The average Bonchev–Trinajstić information content (AvgIpc) is 3.24. The molecule has 2 heterocycles. The lowest BCUT2D eigenvalue weighted by Crippen LogP contribution is -2.53. The number of hydrogen-bond acceptors (Lipinski definition) is 6. The lowest BCUT2D eigenvalue weighted by molar-refractivity contribution is -0.344. The SMILES string of the molecule is O=C1Cn2c(C(=O)NCC(O)(O)C(F)(F)F)nc(NC(=O)c3cc(F)cc(C(F)(F)F)c3)c2[C@H](c2cc(F)ccc2Cl)N1. The highest BCUT2D eigenvalue weighted by molar-refractivity contribution is 6.31. The van der Waals surface area contributed by atoms with Gasteiger partial charge in [0.05, 0.1) is 23.8 Å². The summed E-state index contributed by atoms with van der Waals surface area (Å²) < 4.78 is 107. The fourth-order valence-electron chi connectivity index (χ4n) is 4.01. The van der Waals surface area contributed by atoms with Gasteiger partial charge in [0.2, 0.25) is 11.7 Å². The molecule has 0 saturated heterocycles. The highest BCUT2D eigenvalue weighted by Gasteiger charge is 2.53. The van der Waals surface area contributed by atoms with E-state index in [1.807, 2.05) is 0 Å². The Bertz CT molecular complexity index is 1620. The summed E-state index contributed by atoms with van der Waals surface area (Å²) in [5.74, 6) is -12.0. The van der Waals surface area contributed by atoms with Crippen LogP contribution in [0.2, 0.25) is 5.02 Å². The van der Waals surface area contributed by atoms with Crippen molar-refractivity contribution < 1.29 is 59.7 Å². The van der Waals surface area contributed by atoms with Gasteiger partial charge in [0.25, 0.3) is 17.6 Å². The van der Waals surface area contributed by atoms with Gasteiger partial charge in [-0.15, -0.1) is 0 Å². The number of alkyl halides is 6. The van der Waals surface area contributed by atoms with Gasteiger partial charge in [-0.3, -0.25) is 14.4 Å². The van der Waals surface area contributed by atoms with Gasteiger partial charge >= 0.3 is 12.4 Å². The normalized spacial score (nSPS) is 15.5. The maximum absolute atomic E-state index is 14.1. The zero-order valence-electron chi connectivity index (χ0n) is 20.9. The first-order valence-corrected chi connectivity index (χ1v) is 12.0. The summed E-state index contributed by atoms with van der Waals surface area (Å²) in [6, 6.07) is 2.27. The van der Waals surface area contributed by atoms with Crippen molar-refractivity contribution in [2.24, 2.45) is 0 Å². The topological polar surface area (TPSA) is 146 Å². The van der Waals surface area contributed by atoms with Crippen LogP contribution in [0.5, 0.6) is 0 Å². The number of aromatic nitrogens is 2. The maximum atomic E-state index is 14.1. The number of rotatable bonds is 6. The van der Waals surface area contributed by atoms with Gasteiger partial charge < -0.3 is 30.7 Å². The van der Waals surface area contributed by atoms with E-state index in [2.05, 4.69) is 15.6 Å². The van der Waals surface area contributed by atoms with Crippen LogP contribution in [0.15, 0.2) is 36.4 Å². The Morgan fingerprint density at radius 2 is 1.70 bits per heavy atom. The molecule has 2 aromatic carbocycles. The summed E-state index contributed by atoms with van der Waals surface area (Å²) in [6.07, 6.45) is -10.7. The van der Waals surface area contributed by atoms with Crippen molar-refractivity contribution in [2.75, 3.05) is 11.9 Å². The van der Waals surface area contributed by atoms with E-state index < -0.39 is 89.4 Å². The van der Waals surface area contributed by atoms with Gasteiger partial charge in [0.15, 0.2) is 5.82 Å². The summed E-state index contributed by atoms with van der Waals surface area (Å²) in [7, 11) is 0. The molecule has 0 saturated carbocycles. The van der Waals surface area contributed by atoms with Crippen molar-refractivity contribution in [3.63, 3.8) is 0 Å². The highest BCUT2D eigenvalue weighted by atomic mass is 35.5. The number of anilines is 1. The first kappa shape index (κ1) is 31.6. The van der Waals surface area contributed by atoms with Crippen LogP contribution < -0.4 is 16.0 Å². The standard InChI is InChI=1S/C24H16ClF8N5O5/c25-14-2-1-11(26)6-13(14)16-17-18(37-20(40)9-3-10(23(28,29)30)5-12(27)4-9)36-19(38(17)7-15(39)35-16)21(41)34-8-22(42,43)24(31,32)33/h1-6,16,42-43H,7-8H2,(H,34,41)(H,35,39)(H,37,40)/t16-/m0/s1. The second kappa shape index (κ2) is 11.1. The molecule has 0 spiro atoms. The largest absolute Gasteiger partial charge is 0.444 e. The van der Waals surface area contributed by atoms with E-state index in [1.54, 1.807) is 5.32 Å². The highest BCUT2D eigenvalue weighted by Crippen LogP contribution is 2.37. The Kier molecular flexibility index (Phi) is 8.16. The number of nitrogens with one attached hydrogen (secondary N) is 3. The molecule has 1 aromatic heterocycles. The molecule has 0 radical (unpaired) electrons. The van der Waals surface area contributed by atoms with Crippen molar-refractivity contribution in [3.8, 4) is 0 Å². The minimum absolute atomic E-state index is 0.124. The number of amides is 3. The summed E-state index contributed by atoms with van der Waals surface area (Å²) in [6.45, 7) is -2.58. The molecule has 5 N–H and O–H groups in total. The van der Waals surface area contributed by atoms with E-state index in [0.717, 1.165) is 22.8 Å². The number of carbonyl (C=O) groups excluding carboxylic acids is 3. The number of hydrogen-bond donors (Lipinski definition) is 5. The second-order valence-electron chi connectivity index (χ2n) is 9.10. The predicted molar refractivity (Wildman–Crippen MR) is 129 cm³/mol. The lowest BCUT2D eigenvalue weighted by Gasteiger charge is -2.28. The molecule has 19 heteroatoms. The molecule has 43 heavy (non-hydrogen) atoms. The van der Waals surface area contributed by atoms with Gasteiger partial charge in [-0.2, -0.15) is 26.3 Å². The Balaban J connectivity index is 1.82. The monoisotopic (exact) mass is 641 g/mol. The van der Waals surface area contributed by atoms with Gasteiger partial charge in [-0.25, -0.2) is 13.8 Å². The van der Waals surface area contributed by atoms with Gasteiger partial charge in [-0.05, 0) is 36.4 Å². The van der Waals surface area contributed by atoms with Crippen LogP contribution in [0.3, 0.4) is 0 Å². The van der Waals surface area contributed by atoms with Crippen LogP contribution in [-0.4, -0.2) is 56.0 Å². The molecule has 0 unspecified atom stereocenters. The van der Waals surface area contributed by atoms with Crippen molar-refractivity contribution >= 4 is 35.1 Å². The molecular weight excluding hydrogens is 626 g/mol. The van der Waals surface area contributed by atoms with Gasteiger partial charge in [0, 0.05) is 16.1 Å². The summed E-state index contributed by atoms with van der Waals surface area (Å²) in [5, 5.41) is 24.3. The maximum Gasteiger partial charge on any atom is 0.444 e. The van der Waals surface area contributed by atoms with Crippen LogP contribution in [-0.2, 0) is 17.5 Å². The minimum atomic E-state index is -5.61. The molecule has 1 aliphatic heterocycles. The molecule has 3 aromatic rings. The number of benzene rings is 2. The number of nitrogens with zero attached hydrogens (tertiary/aromatic N) is 2. The Labute approximate surface area is 239 Å². The Morgan fingerprint density at radius 3 is 2.33 bits per heavy atom. The van der Waals surface area contributed by atoms with Crippen LogP contribution >= 0.6 is 11.6 Å². The number of aliphatic hydroxyl groups is 2. The fourth-order valence-corrected chi connectivity index (χ4v) is 4.24. The van der Waals surface area contributed by atoms with Crippen molar-refractivity contribution in [2.45, 2.75) is 30.7 Å². The van der Waals surface area contributed by atoms with Crippen LogP contribution in [0.1, 0.15) is 43.8 Å². The molecular formula is C24H16ClF8N5O5. The molecule has 0 fully saturated rings. The van der Waals surface area contributed by atoms with Crippen molar-refractivity contribution in [1.29, 1.82) is 0 Å². The fraction of sp³-hybridized carbons (Fsp3) is 0.250. The molecule has 230 valence electrons. The van der Waals surface area contributed by atoms with E-state index in [9.17, 15) is 59.7 Å². The smallest absolute Gasteiger partial charge is 0.357 e. The number of imidazole rings is 1. The lowest BCUT2D eigenvalue weighted by atomic mass is 10.0. The number of halogens is 9. The molecule has 4 rings (SSSR count). The van der Waals surface area contributed by atoms with Gasteiger partial charge in [-0.1, -0.05) is 11.6 Å².